The van der Waals surface area contributed by atoms with Gasteiger partial charge in [0.1, 0.15) is 16.5 Å². The summed E-state index contributed by atoms with van der Waals surface area (Å²) in [4.78, 5) is 8.13. The Kier molecular flexibility index (Phi) is 2.76. The summed E-state index contributed by atoms with van der Waals surface area (Å²) in [5.41, 5.74) is 5.46. The van der Waals surface area contributed by atoms with E-state index in [1.165, 1.54) is 22.6 Å². The Morgan fingerprint density at radius 2 is 2.05 bits per heavy atom. The van der Waals surface area contributed by atoms with Crippen molar-refractivity contribution in [3.63, 3.8) is 0 Å². The van der Waals surface area contributed by atoms with Gasteiger partial charge >= 0.3 is 0 Å². The lowest BCUT2D eigenvalue weighted by molar-refractivity contribution is 0.335. The third-order valence-electron chi connectivity index (χ3n) is 3.11. The van der Waals surface area contributed by atoms with Crippen molar-refractivity contribution in [3.8, 4) is 0 Å². The van der Waals surface area contributed by atoms with Gasteiger partial charge in [0, 0.05) is 31.7 Å². The summed E-state index contributed by atoms with van der Waals surface area (Å²) >= 11 is 0. The van der Waals surface area contributed by atoms with E-state index >= 15 is 0 Å². The van der Waals surface area contributed by atoms with Crippen LogP contribution in [0.3, 0.4) is 0 Å². The van der Waals surface area contributed by atoms with Crippen molar-refractivity contribution in [2.75, 3.05) is 12.3 Å². The zero-order chi connectivity index (χ0) is 13.5. The van der Waals surface area contributed by atoms with E-state index in [1.807, 2.05) is 10.8 Å². The summed E-state index contributed by atoms with van der Waals surface area (Å²) in [5.74, 6) is 1.05. The first-order valence-electron chi connectivity index (χ1n) is 5.79. The molecule has 2 aromatic heterocycles. The second kappa shape index (κ2) is 4.32. The number of rotatable bonds is 2. The van der Waals surface area contributed by atoms with Gasteiger partial charge in [-0.1, -0.05) is 0 Å². The van der Waals surface area contributed by atoms with Crippen molar-refractivity contribution in [2.45, 2.75) is 18.0 Å². The quantitative estimate of drug-likeness (QED) is 0.839. The number of pyridine rings is 1. The van der Waals surface area contributed by atoms with Gasteiger partial charge in [-0.25, -0.2) is 18.4 Å². The lowest BCUT2D eigenvalue weighted by Gasteiger charge is -2.26. The second-order valence-corrected chi connectivity index (χ2v) is 6.23. The topological polar surface area (TPSA) is 94.1 Å². The van der Waals surface area contributed by atoms with E-state index < -0.39 is 10.0 Å². The van der Waals surface area contributed by atoms with Crippen molar-refractivity contribution in [1.29, 1.82) is 0 Å². The molecule has 0 fully saturated rings. The molecule has 19 heavy (non-hydrogen) atoms. The summed E-state index contributed by atoms with van der Waals surface area (Å²) in [5, 5.41) is 0. The SMILES string of the molecule is Nc1ccc(S(=O)(=O)N2CCn3ccnc3C2)cn1. The number of hydrogen-bond acceptors (Lipinski definition) is 5. The van der Waals surface area contributed by atoms with Crippen molar-refractivity contribution in [3.05, 3.63) is 36.5 Å². The predicted octanol–water partition coefficient (Wildman–Crippen LogP) is 0.0648. The molecule has 0 saturated heterocycles. The van der Waals surface area contributed by atoms with Crippen LogP contribution in [0.1, 0.15) is 5.82 Å². The minimum Gasteiger partial charge on any atom is -0.384 e. The first kappa shape index (κ1) is 12.1. The first-order valence-corrected chi connectivity index (χ1v) is 7.23. The summed E-state index contributed by atoms with van der Waals surface area (Å²) in [6, 6.07) is 2.95. The van der Waals surface area contributed by atoms with E-state index in [0.29, 0.717) is 18.9 Å². The molecule has 0 saturated carbocycles. The number of nitrogens with zero attached hydrogens (tertiary/aromatic N) is 4. The van der Waals surface area contributed by atoms with E-state index in [-0.39, 0.29) is 11.4 Å². The average molecular weight is 279 g/mol. The average Bonchev–Trinajstić information content (AvgIpc) is 2.86. The Labute approximate surface area is 110 Å². The molecule has 0 amide bonds. The number of aromatic nitrogens is 3. The number of anilines is 1. The van der Waals surface area contributed by atoms with E-state index in [9.17, 15) is 8.42 Å². The molecule has 3 heterocycles. The van der Waals surface area contributed by atoms with Crippen LogP contribution in [0.15, 0.2) is 35.6 Å². The molecule has 0 radical (unpaired) electrons. The largest absolute Gasteiger partial charge is 0.384 e. The minimum atomic E-state index is -3.54. The zero-order valence-electron chi connectivity index (χ0n) is 10.1. The van der Waals surface area contributed by atoms with Gasteiger partial charge in [0.25, 0.3) is 0 Å². The first-order chi connectivity index (χ1) is 9.07. The predicted molar refractivity (Wildman–Crippen MR) is 68.5 cm³/mol. The Morgan fingerprint density at radius 3 is 2.79 bits per heavy atom. The number of fused-ring (bicyclic) bond motifs is 1. The van der Waals surface area contributed by atoms with Crippen LogP contribution in [0.4, 0.5) is 5.82 Å². The van der Waals surface area contributed by atoms with Crippen LogP contribution in [-0.4, -0.2) is 33.8 Å². The number of nitrogen functional groups attached to an aromatic ring is 1. The molecule has 7 nitrogen and oxygen atoms in total. The lowest BCUT2D eigenvalue weighted by atomic mass is 10.4. The molecule has 0 aliphatic carbocycles. The molecule has 0 atom stereocenters. The number of nitrogens with two attached hydrogens (primary N) is 1. The Bertz CT molecular complexity index is 692. The summed E-state index contributed by atoms with van der Waals surface area (Å²) in [6.07, 6.45) is 4.81. The van der Waals surface area contributed by atoms with E-state index in [0.717, 1.165) is 5.82 Å². The van der Waals surface area contributed by atoms with Crippen molar-refractivity contribution >= 4 is 15.8 Å². The standard InChI is InChI=1S/C11H13N5O2S/c12-10-2-1-9(7-14-10)19(17,18)16-6-5-15-4-3-13-11(15)8-16/h1-4,7H,5-6,8H2,(H2,12,14). The van der Waals surface area contributed by atoms with Crippen LogP contribution < -0.4 is 5.73 Å². The monoisotopic (exact) mass is 279 g/mol. The molecule has 0 aromatic carbocycles. The third-order valence-corrected chi connectivity index (χ3v) is 4.94. The van der Waals surface area contributed by atoms with Gasteiger partial charge in [0.15, 0.2) is 0 Å². The van der Waals surface area contributed by atoms with Crippen LogP contribution in [0.25, 0.3) is 0 Å². The van der Waals surface area contributed by atoms with Crippen molar-refractivity contribution in [1.82, 2.24) is 18.8 Å². The molecule has 2 aromatic rings. The zero-order valence-corrected chi connectivity index (χ0v) is 10.9. The fourth-order valence-corrected chi connectivity index (χ4v) is 3.38. The molecule has 0 bridgehead atoms. The van der Waals surface area contributed by atoms with Gasteiger partial charge in [-0.2, -0.15) is 4.31 Å². The highest BCUT2D eigenvalue weighted by atomic mass is 32.2. The maximum absolute atomic E-state index is 12.4. The number of imidazole rings is 1. The van der Waals surface area contributed by atoms with Crippen LogP contribution in [-0.2, 0) is 23.1 Å². The Morgan fingerprint density at radius 1 is 1.21 bits per heavy atom. The molecule has 0 unspecified atom stereocenters. The molecule has 100 valence electrons. The van der Waals surface area contributed by atoms with E-state index in [2.05, 4.69) is 9.97 Å². The Hall–Kier alpha value is -1.93. The molecule has 1 aliphatic rings. The summed E-state index contributed by atoms with van der Waals surface area (Å²) < 4.78 is 28.2. The van der Waals surface area contributed by atoms with Gasteiger partial charge in [0.05, 0.1) is 6.54 Å². The van der Waals surface area contributed by atoms with Gasteiger partial charge in [0.2, 0.25) is 10.0 Å². The number of sulfonamides is 1. The fourth-order valence-electron chi connectivity index (χ4n) is 2.05. The second-order valence-electron chi connectivity index (χ2n) is 4.29. The maximum atomic E-state index is 12.4. The molecule has 2 N–H and O–H groups in total. The number of hydrogen-bond donors (Lipinski definition) is 1. The van der Waals surface area contributed by atoms with Gasteiger partial charge in [-0.3, -0.25) is 0 Å². The molecule has 0 spiro atoms. The molecular formula is C11H13N5O2S. The Balaban J connectivity index is 1.92. The lowest BCUT2D eigenvalue weighted by Crippen LogP contribution is -2.38. The fraction of sp³-hybridized carbons (Fsp3) is 0.273. The highest BCUT2D eigenvalue weighted by Gasteiger charge is 2.28. The highest BCUT2D eigenvalue weighted by molar-refractivity contribution is 7.89. The van der Waals surface area contributed by atoms with Crippen LogP contribution in [0.5, 0.6) is 0 Å². The summed E-state index contributed by atoms with van der Waals surface area (Å²) in [6.45, 7) is 1.31. The summed E-state index contributed by atoms with van der Waals surface area (Å²) in [7, 11) is -3.54. The molecule has 8 heteroatoms. The normalized spacial score (nSPS) is 16.2. The maximum Gasteiger partial charge on any atom is 0.245 e. The van der Waals surface area contributed by atoms with Gasteiger partial charge in [-0.15, -0.1) is 0 Å². The smallest absolute Gasteiger partial charge is 0.245 e. The van der Waals surface area contributed by atoms with E-state index in [4.69, 9.17) is 5.73 Å². The molecular weight excluding hydrogens is 266 g/mol. The third kappa shape index (κ3) is 2.08. The van der Waals surface area contributed by atoms with Crippen LogP contribution in [0.2, 0.25) is 0 Å². The molecule has 1 aliphatic heterocycles. The van der Waals surface area contributed by atoms with Gasteiger partial charge < -0.3 is 10.3 Å². The van der Waals surface area contributed by atoms with E-state index in [1.54, 1.807) is 6.20 Å². The molecule has 3 rings (SSSR count). The minimum absolute atomic E-state index is 0.154. The van der Waals surface area contributed by atoms with Crippen molar-refractivity contribution < 1.29 is 8.42 Å². The highest BCUT2D eigenvalue weighted by Crippen LogP contribution is 2.20. The van der Waals surface area contributed by atoms with Crippen LogP contribution in [0, 0.1) is 0 Å². The van der Waals surface area contributed by atoms with Crippen molar-refractivity contribution in [2.24, 2.45) is 0 Å². The van der Waals surface area contributed by atoms with Crippen LogP contribution >= 0.6 is 0 Å². The van der Waals surface area contributed by atoms with Gasteiger partial charge in [-0.05, 0) is 12.1 Å².